The molecule has 0 aromatic rings. The Labute approximate surface area is 92.0 Å². The average Bonchev–Trinajstić information content (AvgIpc) is 1.97. The summed E-state index contributed by atoms with van der Waals surface area (Å²) in [6.45, 7) is 2.83. The number of rotatable bonds is 7. The molecule has 0 unspecified atom stereocenters. The van der Waals surface area contributed by atoms with Gasteiger partial charge in [-0.2, -0.15) is 0 Å². The summed E-state index contributed by atoms with van der Waals surface area (Å²) in [7, 11) is 0. The van der Waals surface area contributed by atoms with Crippen molar-refractivity contribution in [2.75, 3.05) is 6.54 Å². The Morgan fingerprint density at radius 3 is 2.09 bits per heavy atom. The zero-order valence-corrected chi connectivity index (χ0v) is 9.84. The second-order valence-electron chi connectivity index (χ2n) is 2.63. The molecule has 0 amide bonds. The van der Waals surface area contributed by atoms with Crippen molar-refractivity contribution >= 4 is 0 Å². The number of hydrogen-bond donors (Lipinski definition) is 1. The van der Waals surface area contributed by atoms with Crippen LogP contribution in [0.3, 0.4) is 0 Å². The first-order valence-electron chi connectivity index (χ1n) is 4.22. The van der Waals surface area contributed by atoms with Crippen LogP contribution in [0.1, 0.15) is 45.4 Å². The van der Waals surface area contributed by atoms with E-state index in [0.29, 0.717) is 6.54 Å². The normalized spacial score (nSPS) is 9.27. The van der Waals surface area contributed by atoms with Crippen LogP contribution in [0.25, 0.3) is 5.48 Å². The molecule has 0 fully saturated rings. The fraction of sp³-hybridized carbons (Fsp3) is 1.00. The van der Waals surface area contributed by atoms with E-state index in [1.165, 1.54) is 32.1 Å². The van der Waals surface area contributed by atoms with Crippen molar-refractivity contribution in [3.8, 4) is 0 Å². The Kier molecular flexibility index (Phi) is 17.7. The molecule has 62 valence electrons. The number of hydroxylamine groups is 1. The van der Waals surface area contributed by atoms with Gasteiger partial charge in [0.1, 0.15) is 0 Å². The Hall–Kier alpha value is 0.920. The van der Waals surface area contributed by atoms with Gasteiger partial charge in [-0.1, -0.05) is 45.4 Å². The Morgan fingerprint density at radius 1 is 1.00 bits per heavy atom. The number of unbranched alkanes of at least 4 members (excludes halogenated alkanes) is 5. The zero-order chi connectivity index (χ0) is 7.66. The molecule has 0 aliphatic heterocycles. The molecule has 0 atom stereocenters. The molecular weight excluding hydrogens is 149 g/mol. The maximum atomic E-state index is 8.09. The Morgan fingerprint density at radius 2 is 1.55 bits per heavy atom. The third kappa shape index (κ3) is 13.9. The van der Waals surface area contributed by atoms with Gasteiger partial charge in [0.05, 0.1) is 0 Å². The molecule has 0 saturated carbocycles. The molecule has 0 rings (SSSR count). The summed E-state index contributed by atoms with van der Waals surface area (Å²) in [6, 6.07) is 0. The van der Waals surface area contributed by atoms with Gasteiger partial charge in [0.15, 0.2) is 0 Å². The SMILES string of the molecule is CCCCCCCC[N-]O.[Na+]. The van der Waals surface area contributed by atoms with Crippen molar-refractivity contribution in [2.45, 2.75) is 45.4 Å². The molecule has 0 aliphatic rings. The molecular formula is C8H18NNaO. The van der Waals surface area contributed by atoms with Gasteiger partial charge in [-0.15, -0.1) is 6.54 Å². The van der Waals surface area contributed by atoms with Crippen LogP contribution in [0.5, 0.6) is 0 Å². The third-order valence-electron chi connectivity index (χ3n) is 1.61. The predicted molar refractivity (Wildman–Crippen MR) is 43.4 cm³/mol. The molecule has 3 heteroatoms. The van der Waals surface area contributed by atoms with Crippen molar-refractivity contribution in [3.05, 3.63) is 5.48 Å². The molecule has 0 heterocycles. The van der Waals surface area contributed by atoms with Gasteiger partial charge in [-0.05, 0) is 0 Å². The van der Waals surface area contributed by atoms with E-state index in [1.807, 2.05) is 0 Å². The van der Waals surface area contributed by atoms with Crippen LogP contribution in [0.2, 0.25) is 0 Å². The fourth-order valence-corrected chi connectivity index (χ4v) is 0.963. The van der Waals surface area contributed by atoms with E-state index < -0.39 is 0 Å². The van der Waals surface area contributed by atoms with Crippen LogP contribution < -0.4 is 29.6 Å². The minimum Gasteiger partial charge on any atom is -0.538 e. The summed E-state index contributed by atoms with van der Waals surface area (Å²) in [6.07, 6.45) is 7.52. The van der Waals surface area contributed by atoms with Gasteiger partial charge in [-0.3, -0.25) is 0 Å². The van der Waals surface area contributed by atoms with E-state index in [4.69, 9.17) is 5.21 Å². The summed E-state index contributed by atoms with van der Waals surface area (Å²) in [5, 5.41) is 8.09. The summed E-state index contributed by atoms with van der Waals surface area (Å²) < 4.78 is 0. The van der Waals surface area contributed by atoms with Crippen molar-refractivity contribution in [3.63, 3.8) is 0 Å². The van der Waals surface area contributed by atoms with E-state index in [-0.39, 0.29) is 29.6 Å². The smallest absolute Gasteiger partial charge is 0.538 e. The molecule has 0 spiro atoms. The van der Waals surface area contributed by atoms with E-state index in [1.54, 1.807) is 0 Å². The van der Waals surface area contributed by atoms with Crippen LogP contribution in [0.15, 0.2) is 0 Å². The molecule has 0 aromatic heterocycles. The summed E-state index contributed by atoms with van der Waals surface area (Å²) in [5.74, 6) is 0. The standard InChI is InChI=1S/C8H18NO.Na/c1-2-3-4-5-6-7-8-9-10;/h10H,2-8H2,1H3;/q-1;+1. The van der Waals surface area contributed by atoms with Gasteiger partial charge >= 0.3 is 29.6 Å². The number of hydrogen-bond acceptors (Lipinski definition) is 1. The quantitative estimate of drug-likeness (QED) is 0.326. The Balaban J connectivity index is 0. The molecule has 0 saturated heterocycles. The maximum absolute atomic E-state index is 8.09. The van der Waals surface area contributed by atoms with Crippen LogP contribution >= 0.6 is 0 Å². The summed E-state index contributed by atoms with van der Waals surface area (Å²) >= 11 is 0. The van der Waals surface area contributed by atoms with E-state index >= 15 is 0 Å². The van der Waals surface area contributed by atoms with Crippen LogP contribution in [0.4, 0.5) is 0 Å². The third-order valence-corrected chi connectivity index (χ3v) is 1.61. The molecule has 0 aromatic carbocycles. The fourth-order valence-electron chi connectivity index (χ4n) is 0.963. The van der Waals surface area contributed by atoms with Crippen LogP contribution in [-0.4, -0.2) is 11.8 Å². The van der Waals surface area contributed by atoms with Gasteiger partial charge in [0.25, 0.3) is 0 Å². The first-order valence-corrected chi connectivity index (χ1v) is 4.22. The average molecular weight is 167 g/mol. The second kappa shape index (κ2) is 13.5. The van der Waals surface area contributed by atoms with Crippen molar-refractivity contribution in [1.82, 2.24) is 0 Å². The molecule has 0 bridgehead atoms. The molecule has 11 heavy (non-hydrogen) atoms. The minimum atomic E-state index is 0. The van der Waals surface area contributed by atoms with Gasteiger partial charge in [0.2, 0.25) is 0 Å². The van der Waals surface area contributed by atoms with E-state index in [9.17, 15) is 0 Å². The van der Waals surface area contributed by atoms with Gasteiger partial charge in [0, 0.05) is 0 Å². The van der Waals surface area contributed by atoms with Gasteiger partial charge in [-0.25, -0.2) is 0 Å². The van der Waals surface area contributed by atoms with Crippen molar-refractivity contribution in [1.29, 1.82) is 0 Å². The second-order valence-corrected chi connectivity index (χ2v) is 2.63. The van der Waals surface area contributed by atoms with Crippen LogP contribution in [-0.2, 0) is 0 Å². The topological polar surface area (TPSA) is 34.3 Å². The molecule has 1 N–H and O–H groups in total. The van der Waals surface area contributed by atoms with Crippen molar-refractivity contribution < 1.29 is 34.8 Å². The molecule has 2 nitrogen and oxygen atoms in total. The number of nitrogens with zero attached hydrogens (tertiary/aromatic N) is 1. The first kappa shape index (κ1) is 14.4. The summed E-state index contributed by atoms with van der Waals surface area (Å²) in [4.78, 5) is 0. The minimum absolute atomic E-state index is 0. The predicted octanol–water partition coefficient (Wildman–Crippen LogP) is 0.114. The zero-order valence-electron chi connectivity index (χ0n) is 7.84. The maximum Gasteiger partial charge on any atom is 1.00 e. The summed E-state index contributed by atoms with van der Waals surface area (Å²) in [5.41, 5.74) is 3.05. The molecule has 0 aliphatic carbocycles. The first-order chi connectivity index (χ1) is 4.91. The monoisotopic (exact) mass is 167 g/mol. The van der Waals surface area contributed by atoms with Crippen LogP contribution in [0, 0.1) is 0 Å². The van der Waals surface area contributed by atoms with Gasteiger partial charge < -0.3 is 10.7 Å². The van der Waals surface area contributed by atoms with E-state index in [2.05, 4.69) is 12.4 Å². The van der Waals surface area contributed by atoms with Crippen molar-refractivity contribution in [2.24, 2.45) is 0 Å². The van der Waals surface area contributed by atoms with E-state index in [0.717, 1.165) is 6.42 Å². The molecule has 0 radical (unpaired) electrons. The Bertz CT molecular complexity index is 54.1. The largest absolute Gasteiger partial charge is 1.00 e.